The third-order valence-corrected chi connectivity index (χ3v) is 7.38. The molecule has 0 unspecified atom stereocenters. The molecule has 198 valence electrons. The van der Waals surface area contributed by atoms with Crippen molar-refractivity contribution in [2.45, 2.75) is 17.2 Å². The van der Waals surface area contributed by atoms with Crippen LogP contribution in [0.25, 0.3) is 0 Å². The number of hydrogen-bond donors (Lipinski definition) is 3. The fourth-order valence-corrected chi connectivity index (χ4v) is 5.53. The number of carbonyl (C=O) groups excluding carboxylic acids is 3. The third-order valence-electron chi connectivity index (χ3n) is 5.68. The van der Waals surface area contributed by atoms with Crippen LogP contribution in [0.3, 0.4) is 0 Å². The number of carbonyl (C=O) groups is 3. The maximum atomic E-state index is 13.8. The van der Waals surface area contributed by atoms with Crippen molar-refractivity contribution in [1.29, 1.82) is 0 Å². The summed E-state index contributed by atoms with van der Waals surface area (Å²) in [5.74, 6) is -5.81. The monoisotopic (exact) mass is 619 g/mol. The summed E-state index contributed by atoms with van der Waals surface area (Å²) in [6.07, 6.45) is 0. The zero-order chi connectivity index (χ0) is 27.9. The highest BCUT2D eigenvalue weighted by atomic mass is 35.5. The largest absolute Gasteiger partial charge is 0.326 e. The number of halogens is 7. The van der Waals surface area contributed by atoms with Crippen LogP contribution in [0.5, 0.6) is 0 Å². The minimum absolute atomic E-state index is 0.00561. The topological polar surface area (TPSA) is 87.3 Å². The Labute approximate surface area is 240 Å². The van der Waals surface area contributed by atoms with Gasteiger partial charge >= 0.3 is 0 Å². The zero-order valence-corrected chi connectivity index (χ0v) is 22.9. The molecule has 1 fully saturated rings. The Hall–Kier alpha value is -2.62. The molecule has 0 bridgehead atoms. The van der Waals surface area contributed by atoms with E-state index in [1.807, 2.05) is 0 Å². The van der Waals surface area contributed by atoms with Crippen LogP contribution in [0, 0.1) is 17.6 Å². The van der Waals surface area contributed by atoms with Crippen LogP contribution >= 0.6 is 58.0 Å². The molecule has 1 aliphatic rings. The van der Waals surface area contributed by atoms with Gasteiger partial charge < -0.3 is 16.0 Å². The summed E-state index contributed by atoms with van der Waals surface area (Å²) in [5.41, 5.74) is 0.317. The Morgan fingerprint density at radius 2 is 1.39 bits per heavy atom. The molecule has 3 N–H and O–H groups in total. The first kappa shape index (κ1) is 28.4. The number of anilines is 3. The SMILES string of the molecule is CC(=O)Nc1cc(F)c(F)cc1NC(=O)c1cc(NC(=O)[C@H]2[C@H](c3cc(Cl)cc(Cl)c3)C2(Cl)Cl)ccc1Cl. The lowest BCUT2D eigenvalue weighted by molar-refractivity contribution is -0.117. The maximum Gasteiger partial charge on any atom is 0.257 e. The van der Waals surface area contributed by atoms with E-state index >= 15 is 0 Å². The lowest BCUT2D eigenvalue weighted by Crippen LogP contribution is -2.19. The van der Waals surface area contributed by atoms with Crippen LogP contribution in [-0.2, 0) is 9.59 Å². The molecule has 3 aromatic rings. The molecular formula is C25H16Cl5F2N3O3. The summed E-state index contributed by atoms with van der Waals surface area (Å²) >= 11 is 31.1. The number of hydrogen-bond acceptors (Lipinski definition) is 3. The van der Waals surface area contributed by atoms with E-state index in [1.165, 1.54) is 24.3 Å². The average molecular weight is 622 g/mol. The zero-order valence-electron chi connectivity index (χ0n) is 19.1. The quantitative estimate of drug-likeness (QED) is 0.247. The summed E-state index contributed by atoms with van der Waals surface area (Å²) in [4.78, 5) is 37.4. The van der Waals surface area contributed by atoms with Gasteiger partial charge in [0.2, 0.25) is 11.8 Å². The van der Waals surface area contributed by atoms with Crippen molar-refractivity contribution in [3.8, 4) is 0 Å². The summed E-state index contributed by atoms with van der Waals surface area (Å²) in [6.45, 7) is 1.16. The Balaban J connectivity index is 1.54. The summed E-state index contributed by atoms with van der Waals surface area (Å²) in [5, 5.41) is 8.07. The van der Waals surface area contributed by atoms with Gasteiger partial charge in [0.25, 0.3) is 5.91 Å². The number of benzene rings is 3. The lowest BCUT2D eigenvalue weighted by atomic mass is 10.1. The second-order valence-electron chi connectivity index (χ2n) is 8.46. The Morgan fingerprint density at radius 1 is 0.816 bits per heavy atom. The highest BCUT2D eigenvalue weighted by Crippen LogP contribution is 2.65. The van der Waals surface area contributed by atoms with Gasteiger partial charge in [0.05, 0.1) is 27.9 Å². The standard InChI is InChI=1S/C25H16Cl5F2N3O3/c1-10(36)33-19-8-17(31)18(32)9-20(19)35-23(37)15-7-14(2-3-16(15)28)34-24(38)22-21(25(22,29)30)11-4-12(26)6-13(27)5-11/h2-9,21-22H,1H3,(H,33,36)(H,34,38)(H,35,37)/t21-,22+/m0/s1. The molecule has 1 saturated carbocycles. The van der Waals surface area contributed by atoms with Gasteiger partial charge in [-0.25, -0.2) is 8.78 Å². The van der Waals surface area contributed by atoms with Gasteiger partial charge in [-0.3, -0.25) is 14.4 Å². The van der Waals surface area contributed by atoms with Crippen LogP contribution in [0.1, 0.15) is 28.8 Å². The van der Waals surface area contributed by atoms with Crippen molar-refractivity contribution < 1.29 is 23.2 Å². The molecular weight excluding hydrogens is 606 g/mol. The Bertz CT molecular complexity index is 1460. The fraction of sp³-hybridized carbons (Fsp3) is 0.160. The lowest BCUT2D eigenvalue weighted by Gasteiger charge is -2.14. The second kappa shape index (κ2) is 10.9. The molecule has 3 amide bonds. The predicted octanol–water partition coefficient (Wildman–Crippen LogP) is 7.66. The Kier molecular flexibility index (Phi) is 8.12. The average Bonchev–Trinajstić information content (AvgIpc) is 3.39. The first-order chi connectivity index (χ1) is 17.8. The van der Waals surface area contributed by atoms with Gasteiger partial charge in [0.15, 0.2) is 11.6 Å². The van der Waals surface area contributed by atoms with Crippen molar-refractivity contribution in [3.05, 3.63) is 86.4 Å². The van der Waals surface area contributed by atoms with E-state index < -0.39 is 45.5 Å². The molecule has 3 aromatic carbocycles. The summed E-state index contributed by atoms with van der Waals surface area (Å²) in [6, 6.07) is 10.3. The minimum Gasteiger partial charge on any atom is -0.326 e. The van der Waals surface area contributed by atoms with Gasteiger partial charge in [-0.1, -0.05) is 34.8 Å². The summed E-state index contributed by atoms with van der Waals surface area (Å²) in [7, 11) is 0. The van der Waals surface area contributed by atoms with Gasteiger partial charge in [-0.15, -0.1) is 23.2 Å². The highest BCUT2D eigenvalue weighted by Gasteiger charge is 2.67. The number of nitrogens with one attached hydrogen (secondary N) is 3. The number of amides is 3. The molecule has 38 heavy (non-hydrogen) atoms. The van der Waals surface area contributed by atoms with Crippen molar-refractivity contribution in [1.82, 2.24) is 0 Å². The van der Waals surface area contributed by atoms with Crippen molar-refractivity contribution in [2.24, 2.45) is 5.92 Å². The first-order valence-corrected chi connectivity index (χ1v) is 12.7. The van der Waals surface area contributed by atoms with Crippen LogP contribution < -0.4 is 16.0 Å². The predicted molar refractivity (Wildman–Crippen MR) is 146 cm³/mol. The second-order valence-corrected chi connectivity index (χ2v) is 11.2. The molecule has 1 aliphatic carbocycles. The van der Waals surface area contributed by atoms with Crippen LogP contribution in [0.15, 0.2) is 48.5 Å². The van der Waals surface area contributed by atoms with E-state index in [9.17, 15) is 23.2 Å². The third kappa shape index (κ3) is 6.00. The molecule has 13 heteroatoms. The molecule has 4 rings (SSSR count). The molecule has 2 atom stereocenters. The van der Waals surface area contributed by atoms with Gasteiger partial charge in [-0.05, 0) is 42.0 Å². The van der Waals surface area contributed by atoms with E-state index in [0.29, 0.717) is 21.7 Å². The van der Waals surface area contributed by atoms with E-state index in [1.54, 1.807) is 12.1 Å². The maximum absolute atomic E-state index is 13.8. The minimum atomic E-state index is -1.42. The van der Waals surface area contributed by atoms with Crippen LogP contribution in [0.2, 0.25) is 15.1 Å². The molecule has 0 spiro atoms. The first-order valence-electron chi connectivity index (χ1n) is 10.8. The molecule has 0 saturated heterocycles. The summed E-state index contributed by atoms with van der Waals surface area (Å²) < 4.78 is 26.1. The highest BCUT2D eigenvalue weighted by molar-refractivity contribution is 6.53. The number of alkyl halides is 2. The van der Waals surface area contributed by atoms with E-state index in [4.69, 9.17) is 58.0 Å². The molecule has 0 aromatic heterocycles. The van der Waals surface area contributed by atoms with Gasteiger partial charge in [0.1, 0.15) is 4.33 Å². The fourth-order valence-electron chi connectivity index (χ4n) is 3.95. The molecule has 0 radical (unpaired) electrons. The molecule has 0 aliphatic heterocycles. The molecule has 6 nitrogen and oxygen atoms in total. The molecule has 0 heterocycles. The smallest absolute Gasteiger partial charge is 0.257 e. The van der Waals surface area contributed by atoms with E-state index in [0.717, 1.165) is 13.0 Å². The van der Waals surface area contributed by atoms with Crippen molar-refractivity contribution in [3.63, 3.8) is 0 Å². The number of rotatable bonds is 6. The van der Waals surface area contributed by atoms with E-state index in [-0.39, 0.29) is 27.6 Å². The van der Waals surface area contributed by atoms with Crippen molar-refractivity contribution >= 4 is 92.8 Å². The van der Waals surface area contributed by atoms with Crippen LogP contribution in [-0.4, -0.2) is 22.1 Å². The normalized spacial score (nSPS) is 17.5. The van der Waals surface area contributed by atoms with Crippen LogP contribution in [0.4, 0.5) is 25.8 Å². The van der Waals surface area contributed by atoms with Crippen molar-refractivity contribution in [2.75, 3.05) is 16.0 Å². The van der Waals surface area contributed by atoms with Gasteiger partial charge in [0, 0.05) is 40.7 Å². The Morgan fingerprint density at radius 3 is 1.97 bits per heavy atom. The van der Waals surface area contributed by atoms with Gasteiger partial charge in [-0.2, -0.15) is 0 Å². The van der Waals surface area contributed by atoms with E-state index in [2.05, 4.69) is 16.0 Å².